The zero-order valence-corrected chi connectivity index (χ0v) is 15.1. The first-order chi connectivity index (χ1) is 12.8. The van der Waals surface area contributed by atoms with Crippen molar-refractivity contribution in [1.82, 2.24) is 10.2 Å². The van der Waals surface area contributed by atoms with Crippen LogP contribution in [0.2, 0.25) is 0 Å². The molecule has 2 atom stereocenters. The Morgan fingerprint density at radius 2 is 1.77 bits per heavy atom. The summed E-state index contributed by atoms with van der Waals surface area (Å²) in [4.78, 5) is 14.9. The summed E-state index contributed by atoms with van der Waals surface area (Å²) < 4.78 is 6.01. The number of hydrogen-bond donors (Lipinski definition) is 1. The zero-order valence-electron chi connectivity index (χ0n) is 15.1. The van der Waals surface area contributed by atoms with Gasteiger partial charge in [0, 0.05) is 24.2 Å². The molecule has 4 heteroatoms. The summed E-state index contributed by atoms with van der Waals surface area (Å²) in [5.74, 6) is 1.07. The molecule has 1 N–H and O–H groups in total. The first-order valence-corrected chi connectivity index (χ1v) is 9.62. The van der Waals surface area contributed by atoms with E-state index >= 15 is 0 Å². The van der Waals surface area contributed by atoms with E-state index in [0.717, 1.165) is 49.2 Å². The van der Waals surface area contributed by atoms with Crippen LogP contribution in [0, 0.1) is 0 Å². The molecule has 2 unspecified atom stereocenters. The van der Waals surface area contributed by atoms with Crippen molar-refractivity contribution >= 4 is 5.91 Å². The molecule has 0 aromatic heterocycles. The topological polar surface area (TPSA) is 41.6 Å². The SMILES string of the molecule is O=C(CCOc1ccccc1-c1ccccc1)N1C2CCNCC1CC2. The van der Waals surface area contributed by atoms with Crippen LogP contribution in [0.4, 0.5) is 0 Å². The first kappa shape index (κ1) is 17.1. The predicted octanol–water partition coefficient (Wildman–Crippen LogP) is 3.48. The lowest BCUT2D eigenvalue weighted by Crippen LogP contribution is -2.42. The van der Waals surface area contributed by atoms with Crippen molar-refractivity contribution in [3.8, 4) is 16.9 Å². The Kier molecular flexibility index (Phi) is 5.21. The van der Waals surface area contributed by atoms with E-state index < -0.39 is 0 Å². The van der Waals surface area contributed by atoms with Crippen LogP contribution in [-0.2, 0) is 4.79 Å². The highest BCUT2D eigenvalue weighted by atomic mass is 16.5. The second kappa shape index (κ2) is 7.92. The Balaban J connectivity index is 1.39. The highest BCUT2D eigenvalue weighted by Crippen LogP contribution is 2.31. The van der Waals surface area contributed by atoms with Gasteiger partial charge < -0.3 is 15.0 Å². The Bertz CT molecular complexity index is 733. The number of hydrogen-bond acceptors (Lipinski definition) is 3. The van der Waals surface area contributed by atoms with Crippen LogP contribution in [0.3, 0.4) is 0 Å². The normalized spacial score (nSPS) is 22.1. The molecule has 2 fully saturated rings. The molecule has 2 aliphatic heterocycles. The van der Waals surface area contributed by atoms with Gasteiger partial charge in [0.1, 0.15) is 5.75 Å². The van der Waals surface area contributed by atoms with Gasteiger partial charge in [0.15, 0.2) is 0 Å². The van der Waals surface area contributed by atoms with Crippen molar-refractivity contribution in [2.75, 3.05) is 19.7 Å². The summed E-state index contributed by atoms with van der Waals surface area (Å²) in [5, 5.41) is 3.45. The fourth-order valence-corrected chi connectivity index (χ4v) is 4.22. The molecule has 0 aliphatic carbocycles. The molecule has 136 valence electrons. The predicted molar refractivity (Wildman–Crippen MR) is 103 cm³/mol. The molecule has 2 heterocycles. The van der Waals surface area contributed by atoms with Crippen LogP contribution in [0.5, 0.6) is 5.75 Å². The lowest BCUT2D eigenvalue weighted by molar-refractivity contribution is -0.134. The van der Waals surface area contributed by atoms with E-state index in [1.807, 2.05) is 36.4 Å². The molecular weight excluding hydrogens is 324 g/mol. The molecule has 4 nitrogen and oxygen atoms in total. The second-order valence-corrected chi connectivity index (χ2v) is 7.14. The van der Waals surface area contributed by atoms with Crippen LogP contribution >= 0.6 is 0 Å². The van der Waals surface area contributed by atoms with Crippen molar-refractivity contribution < 1.29 is 9.53 Å². The summed E-state index contributed by atoms with van der Waals surface area (Å²) >= 11 is 0. The lowest BCUT2D eigenvalue weighted by Gasteiger charge is -2.28. The van der Waals surface area contributed by atoms with E-state index in [9.17, 15) is 4.79 Å². The number of carbonyl (C=O) groups is 1. The second-order valence-electron chi connectivity index (χ2n) is 7.14. The molecular formula is C22H26N2O2. The standard InChI is InChI=1S/C22H26N2O2/c25-22(24-18-10-11-19(24)16-23-14-12-18)13-15-26-21-9-5-4-8-20(21)17-6-2-1-3-7-17/h1-9,18-19,23H,10-16H2. The number of nitrogens with zero attached hydrogens (tertiary/aromatic N) is 1. The minimum atomic E-state index is 0.235. The van der Waals surface area contributed by atoms with E-state index in [1.54, 1.807) is 0 Å². The minimum absolute atomic E-state index is 0.235. The Morgan fingerprint density at radius 3 is 2.65 bits per heavy atom. The van der Waals surface area contributed by atoms with E-state index in [2.05, 4.69) is 28.4 Å². The number of para-hydroxylation sites is 1. The number of carbonyl (C=O) groups excluding carboxylic acids is 1. The molecule has 0 saturated carbocycles. The summed E-state index contributed by atoms with van der Waals surface area (Å²) in [6.07, 6.45) is 3.78. The number of rotatable bonds is 5. The summed E-state index contributed by atoms with van der Waals surface area (Å²) in [7, 11) is 0. The van der Waals surface area contributed by atoms with E-state index in [-0.39, 0.29) is 5.91 Å². The summed E-state index contributed by atoms with van der Waals surface area (Å²) in [6.45, 7) is 2.37. The van der Waals surface area contributed by atoms with E-state index in [1.165, 1.54) is 0 Å². The van der Waals surface area contributed by atoms with Gasteiger partial charge >= 0.3 is 0 Å². The third-order valence-corrected chi connectivity index (χ3v) is 5.49. The molecule has 0 spiro atoms. The van der Waals surface area contributed by atoms with Gasteiger partial charge in [-0.3, -0.25) is 4.79 Å². The zero-order chi connectivity index (χ0) is 17.8. The Hall–Kier alpha value is -2.33. The van der Waals surface area contributed by atoms with Gasteiger partial charge in [0.25, 0.3) is 0 Å². The maximum Gasteiger partial charge on any atom is 0.226 e. The number of ether oxygens (including phenoxy) is 1. The summed E-state index contributed by atoms with van der Waals surface area (Å²) in [5.41, 5.74) is 2.20. The quantitative estimate of drug-likeness (QED) is 0.898. The highest BCUT2D eigenvalue weighted by Gasteiger charge is 2.37. The molecule has 2 aromatic rings. The van der Waals surface area contributed by atoms with Crippen LogP contribution in [0.1, 0.15) is 25.7 Å². The number of amides is 1. The van der Waals surface area contributed by atoms with Crippen molar-refractivity contribution in [2.24, 2.45) is 0 Å². The molecule has 4 rings (SSSR count). The molecule has 26 heavy (non-hydrogen) atoms. The molecule has 0 radical (unpaired) electrons. The van der Waals surface area contributed by atoms with Gasteiger partial charge in [-0.2, -0.15) is 0 Å². The van der Waals surface area contributed by atoms with Crippen LogP contribution in [0.25, 0.3) is 11.1 Å². The third kappa shape index (κ3) is 3.61. The molecule has 2 saturated heterocycles. The minimum Gasteiger partial charge on any atom is -0.492 e. The van der Waals surface area contributed by atoms with Crippen molar-refractivity contribution in [2.45, 2.75) is 37.8 Å². The third-order valence-electron chi connectivity index (χ3n) is 5.49. The van der Waals surface area contributed by atoms with Gasteiger partial charge in [0.05, 0.1) is 13.0 Å². The molecule has 2 bridgehead atoms. The fraction of sp³-hybridized carbons (Fsp3) is 0.409. The van der Waals surface area contributed by atoms with E-state index in [4.69, 9.17) is 4.74 Å². The molecule has 2 aliphatic rings. The molecule has 2 aromatic carbocycles. The lowest BCUT2D eigenvalue weighted by atomic mass is 10.1. The largest absolute Gasteiger partial charge is 0.492 e. The van der Waals surface area contributed by atoms with Gasteiger partial charge in [0.2, 0.25) is 5.91 Å². The average Bonchev–Trinajstić information content (AvgIpc) is 2.95. The van der Waals surface area contributed by atoms with Crippen LogP contribution < -0.4 is 10.1 Å². The van der Waals surface area contributed by atoms with Crippen LogP contribution in [-0.4, -0.2) is 42.6 Å². The number of nitrogens with one attached hydrogen (secondary N) is 1. The van der Waals surface area contributed by atoms with Gasteiger partial charge in [-0.1, -0.05) is 48.5 Å². The van der Waals surface area contributed by atoms with Gasteiger partial charge in [-0.25, -0.2) is 0 Å². The monoisotopic (exact) mass is 350 g/mol. The van der Waals surface area contributed by atoms with E-state index in [0.29, 0.717) is 25.1 Å². The van der Waals surface area contributed by atoms with Crippen molar-refractivity contribution in [1.29, 1.82) is 0 Å². The van der Waals surface area contributed by atoms with Crippen molar-refractivity contribution in [3.63, 3.8) is 0 Å². The highest BCUT2D eigenvalue weighted by molar-refractivity contribution is 5.77. The maximum absolute atomic E-state index is 12.8. The molecule has 1 amide bonds. The number of fused-ring (bicyclic) bond motifs is 2. The van der Waals surface area contributed by atoms with Crippen LogP contribution in [0.15, 0.2) is 54.6 Å². The Labute approximate surface area is 155 Å². The van der Waals surface area contributed by atoms with Gasteiger partial charge in [-0.05, 0) is 37.4 Å². The smallest absolute Gasteiger partial charge is 0.226 e. The Morgan fingerprint density at radius 1 is 1.00 bits per heavy atom. The maximum atomic E-state index is 12.8. The van der Waals surface area contributed by atoms with Gasteiger partial charge in [-0.15, -0.1) is 0 Å². The summed E-state index contributed by atoms with van der Waals surface area (Å²) in [6, 6.07) is 19.0. The first-order valence-electron chi connectivity index (χ1n) is 9.62. The fourth-order valence-electron chi connectivity index (χ4n) is 4.22. The number of benzene rings is 2. The average molecular weight is 350 g/mol. The van der Waals surface area contributed by atoms with Crippen molar-refractivity contribution in [3.05, 3.63) is 54.6 Å².